The van der Waals surface area contributed by atoms with Crippen LogP contribution in [0.3, 0.4) is 0 Å². The van der Waals surface area contributed by atoms with Gasteiger partial charge >= 0.3 is 0 Å². The molecular formula is C17H22ClIN4S. The average molecular weight is 477 g/mol. The van der Waals surface area contributed by atoms with Gasteiger partial charge in [-0.15, -0.1) is 35.3 Å². The number of aromatic nitrogens is 1. The number of thiazole rings is 1. The summed E-state index contributed by atoms with van der Waals surface area (Å²) in [4.78, 5) is 9.82. The van der Waals surface area contributed by atoms with Crippen molar-refractivity contribution in [2.75, 3.05) is 13.6 Å². The zero-order valence-electron chi connectivity index (χ0n) is 13.8. The number of guanidine groups is 1. The molecule has 7 heteroatoms. The molecule has 0 atom stereocenters. The van der Waals surface area contributed by atoms with E-state index in [-0.39, 0.29) is 29.4 Å². The van der Waals surface area contributed by atoms with Gasteiger partial charge in [-0.3, -0.25) is 4.99 Å². The Kier molecular flexibility index (Phi) is 6.88. The Balaban J connectivity index is 0.00000208. The van der Waals surface area contributed by atoms with Crippen molar-refractivity contribution in [2.24, 2.45) is 4.99 Å². The topological polar surface area (TPSA) is 49.3 Å². The summed E-state index contributed by atoms with van der Waals surface area (Å²) in [6, 6.07) is 8.19. The number of hydrogen-bond acceptors (Lipinski definition) is 3. The minimum Gasteiger partial charge on any atom is -0.356 e. The number of benzene rings is 1. The molecule has 1 aromatic carbocycles. The van der Waals surface area contributed by atoms with E-state index in [1.807, 2.05) is 24.6 Å². The van der Waals surface area contributed by atoms with Crippen LogP contribution in [-0.2, 0) is 12.0 Å². The minimum absolute atomic E-state index is 0. The highest BCUT2D eigenvalue weighted by molar-refractivity contribution is 14.0. The van der Waals surface area contributed by atoms with Gasteiger partial charge in [-0.1, -0.05) is 23.7 Å². The largest absolute Gasteiger partial charge is 0.356 e. The fourth-order valence-corrected chi connectivity index (χ4v) is 3.58. The molecule has 2 aromatic rings. The number of aliphatic imine (C=N–C) groups is 1. The Bertz CT molecular complexity index is 712. The summed E-state index contributed by atoms with van der Waals surface area (Å²) in [6.45, 7) is 3.65. The summed E-state index contributed by atoms with van der Waals surface area (Å²) in [5.74, 6) is 0.825. The number of hydrogen-bond donors (Lipinski definition) is 2. The lowest BCUT2D eigenvalue weighted by Crippen LogP contribution is -2.40. The number of nitrogens with zero attached hydrogens (tertiary/aromatic N) is 2. The zero-order chi connectivity index (χ0) is 16.3. The van der Waals surface area contributed by atoms with Gasteiger partial charge in [-0.25, -0.2) is 4.98 Å². The Morgan fingerprint density at radius 2 is 2.17 bits per heavy atom. The van der Waals surface area contributed by atoms with E-state index in [4.69, 9.17) is 11.6 Å². The lowest BCUT2D eigenvalue weighted by atomic mass is 9.96. The quantitative estimate of drug-likeness (QED) is 0.388. The molecule has 0 bridgehead atoms. The first kappa shape index (κ1) is 19.5. The molecule has 1 aromatic heterocycles. The molecule has 24 heavy (non-hydrogen) atoms. The lowest BCUT2D eigenvalue weighted by molar-refractivity contribution is 0.646. The van der Waals surface area contributed by atoms with Crippen molar-refractivity contribution in [3.05, 3.63) is 50.9 Å². The van der Waals surface area contributed by atoms with E-state index >= 15 is 0 Å². The Hall–Kier alpha value is -0.860. The lowest BCUT2D eigenvalue weighted by Gasteiger charge is -2.19. The highest BCUT2D eigenvalue weighted by Crippen LogP contribution is 2.48. The third-order valence-electron chi connectivity index (χ3n) is 4.37. The van der Waals surface area contributed by atoms with Crippen LogP contribution in [-0.4, -0.2) is 24.5 Å². The minimum atomic E-state index is 0. The van der Waals surface area contributed by atoms with Crippen LogP contribution < -0.4 is 10.6 Å². The van der Waals surface area contributed by atoms with Gasteiger partial charge in [0, 0.05) is 28.9 Å². The molecule has 2 N–H and O–H groups in total. The highest BCUT2D eigenvalue weighted by Gasteiger charge is 2.44. The molecule has 0 radical (unpaired) electrons. The first-order chi connectivity index (χ1) is 11.1. The second-order valence-electron chi connectivity index (χ2n) is 5.93. The summed E-state index contributed by atoms with van der Waals surface area (Å²) in [7, 11) is 1.80. The molecule has 0 aliphatic heterocycles. The van der Waals surface area contributed by atoms with Gasteiger partial charge in [0.15, 0.2) is 5.96 Å². The molecule has 130 valence electrons. The highest BCUT2D eigenvalue weighted by atomic mass is 127. The van der Waals surface area contributed by atoms with Gasteiger partial charge < -0.3 is 10.6 Å². The van der Waals surface area contributed by atoms with E-state index in [0.29, 0.717) is 0 Å². The normalized spacial score (nSPS) is 15.5. The predicted molar refractivity (Wildman–Crippen MR) is 113 cm³/mol. The van der Waals surface area contributed by atoms with Gasteiger partial charge in [0.05, 0.1) is 17.7 Å². The molecule has 0 amide bonds. The van der Waals surface area contributed by atoms with Crippen molar-refractivity contribution in [1.29, 1.82) is 0 Å². The van der Waals surface area contributed by atoms with Crippen LogP contribution in [0.25, 0.3) is 0 Å². The first-order valence-electron chi connectivity index (χ1n) is 7.72. The van der Waals surface area contributed by atoms with E-state index in [9.17, 15) is 0 Å². The van der Waals surface area contributed by atoms with Crippen molar-refractivity contribution in [2.45, 2.75) is 31.7 Å². The summed E-state index contributed by atoms with van der Waals surface area (Å²) < 4.78 is 0. The Morgan fingerprint density at radius 3 is 2.75 bits per heavy atom. The summed E-state index contributed by atoms with van der Waals surface area (Å²) >= 11 is 7.79. The zero-order valence-corrected chi connectivity index (χ0v) is 17.7. The fraction of sp³-hybridized carbons (Fsp3) is 0.412. The maximum atomic E-state index is 6.13. The van der Waals surface area contributed by atoms with E-state index in [1.54, 1.807) is 18.4 Å². The third kappa shape index (κ3) is 4.61. The van der Waals surface area contributed by atoms with Crippen molar-refractivity contribution in [1.82, 2.24) is 15.6 Å². The monoisotopic (exact) mass is 476 g/mol. The van der Waals surface area contributed by atoms with Crippen LogP contribution in [0.2, 0.25) is 5.02 Å². The molecule has 3 rings (SSSR count). The molecule has 0 saturated heterocycles. The molecule has 1 aliphatic carbocycles. The van der Waals surface area contributed by atoms with E-state index in [1.165, 1.54) is 23.3 Å². The van der Waals surface area contributed by atoms with Crippen molar-refractivity contribution in [3.8, 4) is 0 Å². The Morgan fingerprint density at radius 1 is 1.38 bits per heavy atom. The third-order valence-corrected chi connectivity index (χ3v) is 5.54. The molecule has 1 saturated carbocycles. The van der Waals surface area contributed by atoms with Crippen LogP contribution in [0.5, 0.6) is 0 Å². The van der Waals surface area contributed by atoms with Gasteiger partial charge in [0.25, 0.3) is 0 Å². The molecule has 1 fully saturated rings. The van der Waals surface area contributed by atoms with Crippen LogP contribution >= 0.6 is 46.9 Å². The van der Waals surface area contributed by atoms with Crippen molar-refractivity contribution in [3.63, 3.8) is 0 Å². The fourth-order valence-electron chi connectivity index (χ4n) is 2.67. The first-order valence-corrected chi connectivity index (χ1v) is 8.98. The van der Waals surface area contributed by atoms with E-state index < -0.39 is 0 Å². The molecule has 1 aliphatic rings. The molecule has 0 spiro atoms. The number of aryl methyl sites for hydroxylation is 1. The van der Waals surface area contributed by atoms with Crippen molar-refractivity contribution >= 4 is 52.9 Å². The second-order valence-corrected chi connectivity index (χ2v) is 7.31. The van der Waals surface area contributed by atoms with E-state index in [0.717, 1.165) is 29.8 Å². The van der Waals surface area contributed by atoms with E-state index in [2.05, 4.69) is 32.7 Å². The Labute approximate surface area is 169 Å². The number of halogens is 2. The van der Waals surface area contributed by atoms with Crippen LogP contribution in [0.1, 0.15) is 29.0 Å². The predicted octanol–water partition coefficient (Wildman–Crippen LogP) is 4.12. The van der Waals surface area contributed by atoms with Crippen LogP contribution in [0, 0.1) is 6.92 Å². The summed E-state index contributed by atoms with van der Waals surface area (Å²) in [6.07, 6.45) is 2.37. The summed E-state index contributed by atoms with van der Waals surface area (Å²) in [5, 5.41) is 7.61. The SMILES string of the molecule is CN=C(NCc1scnc1C)NCC1(c2cccc(Cl)c2)CC1.I. The maximum absolute atomic E-state index is 6.13. The van der Waals surface area contributed by atoms with Crippen molar-refractivity contribution < 1.29 is 0 Å². The van der Waals surface area contributed by atoms with Gasteiger partial charge in [-0.2, -0.15) is 0 Å². The maximum Gasteiger partial charge on any atom is 0.191 e. The second kappa shape index (κ2) is 8.49. The average Bonchev–Trinajstić information content (AvgIpc) is 3.24. The molecule has 0 unspecified atom stereocenters. The van der Waals surface area contributed by atoms with Crippen LogP contribution in [0.4, 0.5) is 0 Å². The standard InChI is InChI=1S/C17H21ClN4S.HI/c1-12-15(23-11-22-12)9-20-16(19-2)21-10-17(6-7-17)13-4-3-5-14(18)8-13;/h3-5,8,11H,6-7,9-10H2,1-2H3,(H2,19,20,21);1H. The number of rotatable bonds is 5. The van der Waals surface area contributed by atoms with Gasteiger partial charge in [0.2, 0.25) is 0 Å². The van der Waals surface area contributed by atoms with Crippen LogP contribution in [0.15, 0.2) is 34.8 Å². The van der Waals surface area contributed by atoms with Gasteiger partial charge in [0.1, 0.15) is 0 Å². The number of nitrogens with one attached hydrogen (secondary N) is 2. The summed E-state index contributed by atoms with van der Waals surface area (Å²) in [5.41, 5.74) is 4.46. The van der Waals surface area contributed by atoms with Gasteiger partial charge in [-0.05, 0) is 37.5 Å². The smallest absolute Gasteiger partial charge is 0.191 e. The molecule has 4 nitrogen and oxygen atoms in total. The molecule has 1 heterocycles. The molecular weight excluding hydrogens is 455 g/mol.